The average molecular weight is 371 g/mol. The molecule has 0 aromatic heterocycles. The highest BCUT2D eigenvalue weighted by Crippen LogP contribution is 2.30. The van der Waals surface area contributed by atoms with Crippen molar-refractivity contribution in [1.82, 2.24) is 10.2 Å². The third kappa shape index (κ3) is 5.49. The average Bonchev–Trinajstić information content (AvgIpc) is 2.55. The van der Waals surface area contributed by atoms with Gasteiger partial charge >= 0.3 is 6.03 Å². The molecule has 0 atom stereocenters. The van der Waals surface area contributed by atoms with Gasteiger partial charge < -0.3 is 20.4 Å². The monoisotopic (exact) mass is 370 g/mol. The van der Waals surface area contributed by atoms with E-state index in [1.165, 1.54) is 4.90 Å². The first-order valence-electron chi connectivity index (χ1n) is 7.84. The molecule has 24 heavy (non-hydrogen) atoms. The maximum Gasteiger partial charge on any atom is 0.319 e. The van der Waals surface area contributed by atoms with Crippen molar-refractivity contribution >= 4 is 46.7 Å². The van der Waals surface area contributed by atoms with Crippen LogP contribution in [0.15, 0.2) is 18.2 Å². The van der Waals surface area contributed by atoms with Gasteiger partial charge in [0.2, 0.25) is 5.91 Å². The fourth-order valence-corrected chi connectivity index (χ4v) is 3.53. The molecule has 1 heterocycles. The normalized spacial score (nSPS) is 14.2. The van der Waals surface area contributed by atoms with Gasteiger partial charge in [-0.05, 0) is 18.2 Å². The van der Waals surface area contributed by atoms with Crippen LogP contribution in [0.3, 0.4) is 0 Å². The van der Waals surface area contributed by atoms with Gasteiger partial charge in [-0.1, -0.05) is 11.6 Å². The van der Waals surface area contributed by atoms with Gasteiger partial charge in [-0.25, -0.2) is 4.79 Å². The van der Waals surface area contributed by atoms with Crippen molar-refractivity contribution in [3.05, 3.63) is 23.2 Å². The largest absolute Gasteiger partial charge is 0.369 e. The van der Waals surface area contributed by atoms with E-state index in [1.54, 1.807) is 20.2 Å². The lowest BCUT2D eigenvalue weighted by molar-refractivity contribution is -0.128. The molecule has 0 bridgehead atoms. The van der Waals surface area contributed by atoms with Crippen LogP contribution in [0, 0.1) is 0 Å². The second-order valence-corrected chi connectivity index (χ2v) is 7.32. The summed E-state index contributed by atoms with van der Waals surface area (Å²) >= 11 is 8.30. The Morgan fingerprint density at radius 2 is 2.00 bits per heavy atom. The van der Waals surface area contributed by atoms with E-state index in [0.717, 1.165) is 30.3 Å². The number of urea groups is 1. The maximum absolute atomic E-state index is 11.9. The summed E-state index contributed by atoms with van der Waals surface area (Å²) in [6, 6.07) is 5.18. The van der Waals surface area contributed by atoms with Crippen molar-refractivity contribution < 1.29 is 9.59 Å². The number of nitrogens with zero attached hydrogens (tertiary/aromatic N) is 2. The first-order valence-corrected chi connectivity index (χ1v) is 9.38. The third-order valence-corrected chi connectivity index (χ3v) is 4.93. The highest BCUT2D eigenvalue weighted by Gasteiger charge is 2.14. The number of carbonyl (C=O) groups is 2. The number of amides is 3. The lowest BCUT2D eigenvalue weighted by Gasteiger charge is -2.29. The molecule has 1 aliphatic rings. The van der Waals surface area contributed by atoms with E-state index in [2.05, 4.69) is 15.5 Å². The van der Waals surface area contributed by atoms with E-state index in [1.807, 2.05) is 23.9 Å². The Labute approximate surface area is 151 Å². The molecule has 2 rings (SSSR count). The van der Waals surface area contributed by atoms with Crippen LogP contribution < -0.4 is 15.5 Å². The van der Waals surface area contributed by atoms with E-state index in [9.17, 15) is 9.59 Å². The number of hydrogen-bond donors (Lipinski definition) is 2. The van der Waals surface area contributed by atoms with Gasteiger partial charge in [0.25, 0.3) is 0 Å². The standard InChI is InChI=1S/C16H23ClN4O2S/c1-20(2)15(22)5-6-18-16(23)19-12-3-4-14(13(17)11-12)21-7-9-24-10-8-21/h3-4,11H,5-10H2,1-2H3,(H2,18,19,23). The maximum atomic E-state index is 11.9. The number of anilines is 2. The lowest BCUT2D eigenvalue weighted by atomic mass is 10.2. The molecule has 3 amide bonds. The molecule has 0 saturated carbocycles. The molecule has 1 aromatic carbocycles. The van der Waals surface area contributed by atoms with Crippen molar-refractivity contribution in [2.45, 2.75) is 6.42 Å². The summed E-state index contributed by atoms with van der Waals surface area (Å²) in [6.45, 7) is 2.26. The minimum absolute atomic E-state index is 0.0256. The molecule has 1 fully saturated rings. The molecule has 0 spiro atoms. The molecule has 1 saturated heterocycles. The summed E-state index contributed by atoms with van der Waals surface area (Å²) in [5.74, 6) is 2.18. The molecule has 2 N–H and O–H groups in total. The Bertz CT molecular complexity index is 591. The summed E-state index contributed by atoms with van der Waals surface area (Å²) in [6.07, 6.45) is 0.271. The highest BCUT2D eigenvalue weighted by molar-refractivity contribution is 7.99. The van der Waals surface area contributed by atoms with Crippen molar-refractivity contribution in [3.63, 3.8) is 0 Å². The lowest BCUT2D eigenvalue weighted by Crippen LogP contribution is -2.33. The van der Waals surface area contributed by atoms with E-state index in [-0.39, 0.29) is 18.4 Å². The van der Waals surface area contributed by atoms with Crippen LogP contribution >= 0.6 is 23.4 Å². The van der Waals surface area contributed by atoms with Crippen molar-refractivity contribution in [3.8, 4) is 0 Å². The Hall–Kier alpha value is -1.60. The van der Waals surface area contributed by atoms with Crippen LogP contribution in [-0.2, 0) is 4.79 Å². The number of hydrogen-bond acceptors (Lipinski definition) is 4. The van der Waals surface area contributed by atoms with E-state index >= 15 is 0 Å². The zero-order chi connectivity index (χ0) is 17.5. The van der Waals surface area contributed by atoms with Crippen molar-refractivity contribution in [2.75, 3.05) is 55.5 Å². The molecule has 1 aliphatic heterocycles. The zero-order valence-electron chi connectivity index (χ0n) is 14.0. The topological polar surface area (TPSA) is 64.7 Å². The molecule has 0 radical (unpaired) electrons. The van der Waals surface area contributed by atoms with E-state index in [4.69, 9.17) is 11.6 Å². The summed E-state index contributed by atoms with van der Waals surface area (Å²) in [5.41, 5.74) is 1.63. The minimum atomic E-state index is -0.347. The fraction of sp³-hybridized carbons (Fsp3) is 0.500. The van der Waals surface area contributed by atoms with Gasteiger partial charge in [0.1, 0.15) is 0 Å². The second kappa shape index (κ2) is 9.03. The molecule has 0 aliphatic carbocycles. The summed E-state index contributed by atoms with van der Waals surface area (Å²) in [5, 5.41) is 6.02. The van der Waals surface area contributed by atoms with Gasteiger partial charge in [0.15, 0.2) is 0 Å². The second-order valence-electron chi connectivity index (χ2n) is 5.68. The molecule has 0 unspecified atom stereocenters. The predicted molar refractivity (Wildman–Crippen MR) is 101 cm³/mol. The molecular weight excluding hydrogens is 348 g/mol. The van der Waals surface area contributed by atoms with Gasteiger partial charge in [-0.2, -0.15) is 11.8 Å². The quantitative estimate of drug-likeness (QED) is 0.835. The number of nitrogens with one attached hydrogen (secondary N) is 2. The molecule has 1 aromatic rings. The zero-order valence-corrected chi connectivity index (χ0v) is 15.5. The number of carbonyl (C=O) groups excluding carboxylic acids is 2. The van der Waals surface area contributed by atoms with Crippen LogP contribution in [0.2, 0.25) is 5.02 Å². The van der Waals surface area contributed by atoms with Crippen LogP contribution in [-0.4, -0.2) is 62.1 Å². The first kappa shape index (κ1) is 18.7. The minimum Gasteiger partial charge on any atom is -0.369 e. The Morgan fingerprint density at radius 3 is 2.62 bits per heavy atom. The summed E-state index contributed by atoms with van der Waals surface area (Å²) in [7, 11) is 3.37. The van der Waals surface area contributed by atoms with Crippen LogP contribution in [0.4, 0.5) is 16.2 Å². The van der Waals surface area contributed by atoms with Gasteiger partial charge in [-0.15, -0.1) is 0 Å². The van der Waals surface area contributed by atoms with Gasteiger partial charge in [0.05, 0.1) is 10.7 Å². The van der Waals surface area contributed by atoms with Gasteiger partial charge in [0, 0.05) is 57.3 Å². The van der Waals surface area contributed by atoms with E-state index < -0.39 is 0 Å². The molecular formula is C16H23ClN4O2S. The smallest absolute Gasteiger partial charge is 0.319 e. The van der Waals surface area contributed by atoms with Crippen LogP contribution in [0.5, 0.6) is 0 Å². The summed E-state index contributed by atoms with van der Waals surface area (Å²) in [4.78, 5) is 27.1. The predicted octanol–water partition coefficient (Wildman–Crippen LogP) is 2.49. The SMILES string of the molecule is CN(C)C(=O)CCNC(=O)Nc1ccc(N2CCSCC2)c(Cl)c1. The summed E-state index contributed by atoms with van der Waals surface area (Å²) < 4.78 is 0. The van der Waals surface area contributed by atoms with Crippen LogP contribution in [0.1, 0.15) is 6.42 Å². The number of halogens is 1. The first-order chi connectivity index (χ1) is 11.5. The Morgan fingerprint density at radius 1 is 1.29 bits per heavy atom. The third-order valence-electron chi connectivity index (χ3n) is 3.68. The van der Waals surface area contributed by atoms with E-state index in [0.29, 0.717) is 17.3 Å². The number of benzene rings is 1. The number of thioether (sulfide) groups is 1. The Balaban J connectivity index is 1.85. The fourth-order valence-electron chi connectivity index (χ4n) is 2.33. The Kier molecular flexibility index (Phi) is 7.05. The van der Waals surface area contributed by atoms with Gasteiger partial charge in [-0.3, -0.25) is 4.79 Å². The highest BCUT2D eigenvalue weighted by atomic mass is 35.5. The molecule has 8 heteroatoms. The molecule has 132 valence electrons. The molecule has 6 nitrogen and oxygen atoms in total. The van der Waals surface area contributed by atoms with Crippen molar-refractivity contribution in [2.24, 2.45) is 0 Å². The van der Waals surface area contributed by atoms with Crippen molar-refractivity contribution in [1.29, 1.82) is 0 Å². The van der Waals surface area contributed by atoms with Crippen LogP contribution in [0.25, 0.3) is 0 Å². The number of rotatable bonds is 5.